The first kappa shape index (κ1) is 10.9. The van der Waals surface area contributed by atoms with Gasteiger partial charge in [-0.2, -0.15) is 0 Å². The molecule has 84 valence electrons. The van der Waals surface area contributed by atoms with Crippen LogP contribution in [0, 0.1) is 0 Å². The fourth-order valence-corrected chi connectivity index (χ4v) is 1.72. The van der Waals surface area contributed by atoms with E-state index in [0.717, 1.165) is 16.6 Å². The van der Waals surface area contributed by atoms with E-state index in [2.05, 4.69) is 15.8 Å². The highest BCUT2D eigenvalue weighted by molar-refractivity contribution is 7.80. The van der Waals surface area contributed by atoms with Gasteiger partial charge in [0.15, 0.2) is 5.11 Å². The standard InChI is InChI=1S/C11H13N3OS/c1-7(2)12-11(16)13-9-4-3-8-6-15-14-10(8)5-9/h3-7H,1-2H3,(H2,12,13,16). The van der Waals surface area contributed by atoms with Gasteiger partial charge in [0.25, 0.3) is 0 Å². The highest BCUT2D eigenvalue weighted by atomic mass is 32.1. The Bertz CT molecular complexity index is 507. The maximum atomic E-state index is 5.15. The average molecular weight is 235 g/mol. The summed E-state index contributed by atoms with van der Waals surface area (Å²) in [4.78, 5) is 0. The van der Waals surface area contributed by atoms with Crippen LogP contribution in [0.4, 0.5) is 5.69 Å². The second-order valence-corrected chi connectivity index (χ2v) is 4.25. The van der Waals surface area contributed by atoms with E-state index in [9.17, 15) is 0 Å². The molecule has 0 amide bonds. The maximum absolute atomic E-state index is 5.15. The van der Waals surface area contributed by atoms with E-state index in [1.165, 1.54) is 0 Å². The number of aromatic nitrogens is 1. The zero-order valence-electron chi connectivity index (χ0n) is 9.15. The van der Waals surface area contributed by atoms with Crippen molar-refractivity contribution >= 4 is 33.9 Å². The first-order valence-electron chi connectivity index (χ1n) is 5.07. The van der Waals surface area contributed by atoms with E-state index in [1.807, 2.05) is 32.0 Å². The van der Waals surface area contributed by atoms with Gasteiger partial charge >= 0.3 is 0 Å². The molecular formula is C11H13N3OS. The summed E-state index contributed by atoms with van der Waals surface area (Å²) in [5, 5.41) is 11.7. The molecule has 5 heteroatoms. The molecule has 0 saturated heterocycles. The Morgan fingerprint density at radius 3 is 3.00 bits per heavy atom. The van der Waals surface area contributed by atoms with Gasteiger partial charge in [-0.05, 0) is 44.3 Å². The van der Waals surface area contributed by atoms with Crippen LogP contribution in [0.3, 0.4) is 0 Å². The molecular weight excluding hydrogens is 222 g/mol. The summed E-state index contributed by atoms with van der Waals surface area (Å²) in [5.74, 6) is 0. The van der Waals surface area contributed by atoms with E-state index >= 15 is 0 Å². The van der Waals surface area contributed by atoms with Crippen molar-refractivity contribution < 1.29 is 4.52 Å². The third-order valence-electron chi connectivity index (χ3n) is 2.04. The fourth-order valence-electron chi connectivity index (χ4n) is 1.37. The van der Waals surface area contributed by atoms with Gasteiger partial charge in [0.2, 0.25) is 0 Å². The van der Waals surface area contributed by atoms with Crippen LogP contribution in [0.1, 0.15) is 13.8 Å². The lowest BCUT2D eigenvalue weighted by molar-refractivity contribution is 0.428. The minimum atomic E-state index is 0.316. The predicted molar refractivity (Wildman–Crippen MR) is 68.5 cm³/mol. The topological polar surface area (TPSA) is 50.1 Å². The summed E-state index contributed by atoms with van der Waals surface area (Å²) in [7, 11) is 0. The van der Waals surface area contributed by atoms with Crippen LogP contribution in [0.2, 0.25) is 0 Å². The van der Waals surface area contributed by atoms with Crippen molar-refractivity contribution in [3.05, 3.63) is 24.5 Å². The summed E-state index contributed by atoms with van der Waals surface area (Å²) < 4.78 is 4.86. The summed E-state index contributed by atoms with van der Waals surface area (Å²) >= 11 is 5.15. The van der Waals surface area contributed by atoms with E-state index in [1.54, 1.807) is 6.26 Å². The summed E-state index contributed by atoms with van der Waals surface area (Å²) in [6.45, 7) is 4.07. The van der Waals surface area contributed by atoms with Gasteiger partial charge in [-0.1, -0.05) is 5.16 Å². The Labute approximate surface area is 99.0 Å². The molecule has 0 unspecified atom stereocenters. The van der Waals surface area contributed by atoms with Crippen LogP contribution in [0.15, 0.2) is 29.0 Å². The second kappa shape index (κ2) is 4.49. The quantitative estimate of drug-likeness (QED) is 0.783. The Morgan fingerprint density at radius 1 is 1.44 bits per heavy atom. The molecule has 0 saturated carbocycles. The van der Waals surface area contributed by atoms with Crippen molar-refractivity contribution in [3.63, 3.8) is 0 Å². The van der Waals surface area contributed by atoms with Gasteiger partial charge in [0, 0.05) is 17.1 Å². The lowest BCUT2D eigenvalue weighted by Crippen LogP contribution is -2.33. The van der Waals surface area contributed by atoms with Gasteiger partial charge in [-0.3, -0.25) is 0 Å². The van der Waals surface area contributed by atoms with Gasteiger partial charge in [0.1, 0.15) is 11.8 Å². The van der Waals surface area contributed by atoms with E-state index in [0.29, 0.717) is 11.2 Å². The Morgan fingerprint density at radius 2 is 2.25 bits per heavy atom. The molecule has 2 aromatic rings. The van der Waals surface area contributed by atoms with E-state index in [-0.39, 0.29) is 0 Å². The highest BCUT2D eigenvalue weighted by Crippen LogP contribution is 2.17. The van der Waals surface area contributed by atoms with Crippen LogP contribution in [0.25, 0.3) is 10.9 Å². The van der Waals surface area contributed by atoms with Crippen molar-refractivity contribution in [2.45, 2.75) is 19.9 Å². The average Bonchev–Trinajstić information content (AvgIpc) is 2.63. The van der Waals surface area contributed by atoms with Gasteiger partial charge in [0.05, 0.1) is 0 Å². The molecule has 1 heterocycles. The molecule has 0 aliphatic carbocycles. The van der Waals surface area contributed by atoms with Crippen LogP contribution >= 0.6 is 12.2 Å². The molecule has 0 aliphatic rings. The second-order valence-electron chi connectivity index (χ2n) is 3.84. The Kier molecular flexibility index (Phi) is 3.05. The molecule has 2 rings (SSSR count). The van der Waals surface area contributed by atoms with Gasteiger partial charge < -0.3 is 15.2 Å². The number of hydrogen-bond acceptors (Lipinski definition) is 3. The van der Waals surface area contributed by atoms with Crippen molar-refractivity contribution in [3.8, 4) is 0 Å². The lowest BCUT2D eigenvalue weighted by Gasteiger charge is -2.12. The monoisotopic (exact) mass is 235 g/mol. The van der Waals surface area contributed by atoms with Crippen LogP contribution in [-0.2, 0) is 0 Å². The fraction of sp³-hybridized carbons (Fsp3) is 0.273. The number of nitrogens with one attached hydrogen (secondary N) is 2. The SMILES string of the molecule is CC(C)NC(=S)Nc1ccc2conc2c1. The minimum Gasteiger partial charge on any atom is -0.364 e. The van der Waals surface area contributed by atoms with Crippen molar-refractivity contribution in [2.24, 2.45) is 0 Å². The molecule has 1 aromatic heterocycles. The van der Waals surface area contributed by atoms with Crippen molar-refractivity contribution in [2.75, 3.05) is 5.32 Å². The number of fused-ring (bicyclic) bond motifs is 1. The molecule has 0 spiro atoms. The largest absolute Gasteiger partial charge is 0.364 e. The number of thiocarbonyl (C=S) groups is 1. The molecule has 0 atom stereocenters. The molecule has 4 nitrogen and oxygen atoms in total. The van der Waals surface area contributed by atoms with Crippen LogP contribution in [0.5, 0.6) is 0 Å². The Balaban J connectivity index is 2.11. The zero-order chi connectivity index (χ0) is 11.5. The summed E-state index contributed by atoms with van der Waals surface area (Å²) in [5.41, 5.74) is 1.72. The first-order valence-corrected chi connectivity index (χ1v) is 5.47. The highest BCUT2D eigenvalue weighted by Gasteiger charge is 2.02. The third-order valence-corrected chi connectivity index (χ3v) is 2.26. The zero-order valence-corrected chi connectivity index (χ0v) is 9.97. The van der Waals surface area contributed by atoms with Crippen LogP contribution < -0.4 is 10.6 Å². The van der Waals surface area contributed by atoms with E-state index < -0.39 is 0 Å². The smallest absolute Gasteiger partial charge is 0.170 e. The molecule has 0 fully saturated rings. The van der Waals surface area contributed by atoms with Crippen molar-refractivity contribution in [1.29, 1.82) is 0 Å². The van der Waals surface area contributed by atoms with Gasteiger partial charge in [-0.15, -0.1) is 0 Å². The first-order chi connectivity index (χ1) is 7.65. The normalized spacial score (nSPS) is 10.7. The molecule has 1 aromatic carbocycles. The third kappa shape index (κ3) is 2.49. The van der Waals surface area contributed by atoms with E-state index in [4.69, 9.17) is 16.7 Å². The molecule has 16 heavy (non-hydrogen) atoms. The van der Waals surface area contributed by atoms with Crippen LogP contribution in [-0.4, -0.2) is 16.3 Å². The predicted octanol–water partition coefficient (Wildman–Crippen LogP) is 2.52. The van der Waals surface area contributed by atoms with Crippen molar-refractivity contribution in [1.82, 2.24) is 10.5 Å². The number of benzene rings is 1. The molecule has 0 aliphatic heterocycles. The number of anilines is 1. The number of hydrogen-bond donors (Lipinski definition) is 2. The molecule has 0 radical (unpaired) electrons. The minimum absolute atomic E-state index is 0.316. The summed E-state index contributed by atoms with van der Waals surface area (Å²) in [6, 6.07) is 6.09. The van der Waals surface area contributed by atoms with Gasteiger partial charge in [-0.25, -0.2) is 0 Å². The molecule has 0 bridgehead atoms. The maximum Gasteiger partial charge on any atom is 0.170 e. The summed E-state index contributed by atoms with van der Waals surface area (Å²) in [6.07, 6.45) is 1.61. The number of rotatable bonds is 2. The number of nitrogens with zero attached hydrogens (tertiary/aromatic N) is 1. The molecule has 2 N–H and O–H groups in total. The lowest BCUT2D eigenvalue weighted by atomic mass is 10.2. The Hall–Kier alpha value is -1.62.